The van der Waals surface area contributed by atoms with Crippen molar-refractivity contribution in [1.29, 1.82) is 0 Å². The minimum absolute atomic E-state index is 0.406. The van der Waals surface area contributed by atoms with Gasteiger partial charge in [-0.25, -0.2) is 0 Å². The molecule has 0 fully saturated rings. The van der Waals surface area contributed by atoms with E-state index >= 15 is 0 Å². The predicted octanol–water partition coefficient (Wildman–Crippen LogP) is 2.75. The van der Waals surface area contributed by atoms with E-state index in [9.17, 15) is 9.59 Å². The fourth-order valence-electron chi connectivity index (χ4n) is 1.90. The Morgan fingerprint density at radius 3 is 2.27 bits per heavy atom. The number of benzene rings is 1. The number of methoxy groups -OCH3 is 2. The molecule has 120 valence electrons. The van der Waals surface area contributed by atoms with Crippen LogP contribution in [0.2, 0.25) is 0 Å². The SMILES string of the molecule is COC(=O)C(CCC/C=C/COc1ccccc1)C(=O)OC. The molecule has 5 nitrogen and oxygen atoms in total. The molecule has 1 rings (SSSR count). The highest BCUT2D eigenvalue weighted by atomic mass is 16.5. The van der Waals surface area contributed by atoms with E-state index in [2.05, 4.69) is 9.47 Å². The maximum Gasteiger partial charge on any atom is 0.320 e. The van der Waals surface area contributed by atoms with E-state index in [-0.39, 0.29) is 0 Å². The van der Waals surface area contributed by atoms with Crippen LogP contribution in [0.4, 0.5) is 0 Å². The van der Waals surface area contributed by atoms with Crippen LogP contribution in [0.25, 0.3) is 0 Å². The Morgan fingerprint density at radius 1 is 1.05 bits per heavy atom. The lowest BCUT2D eigenvalue weighted by molar-refractivity contribution is -0.159. The van der Waals surface area contributed by atoms with Gasteiger partial charge in [0, 0.05) is 0 Å². The molecular weight excluding hydrogens is 284 g/mol. The summed E-state index contributed by atoms with van der Waals surface area (Å²) >= 11 is 0. The molecule has 0 saturated carbocycles. The largest absolute Gasteiger partial charge is 0.490 e. The Kier molecular flexibility index (Phi) is 8.42. The number of unbranched alkanes of at least 4 members (excludes halogenated alkanes) is 1. The standard InChI is InChI=1S/C17H22O5/c1-20-16(18)15(17(19)21-2)12-8-3-4-9-13-22-14-10-6-5-7-11-14/h4-7,9-11,15H,3,8,12-13H2,1-2H3/b9-4+. The Labute approximate surface area is 130 Å². The zero-order valence-corrected chi connectivity index (χ0v) is 13.0. The minimum Gasteiger partial charge on any atom is -0.490 e. The topological polar surface area (TPSA) is 61.8 Å². The molecule has 1 aromatic carbocycles. The first-order chi connectivity index (χ1) is 10.7. The van der Waals surface area contributed by atoms with Crippen LogP contribution < -0.4 is 4.74 Å². The quantitative estimate of drug-likeness (QED) is 0.304. The number of esters is 2. The molecule has 0 aliphatic rings. The van der Waals surface area contributed by atoms with Gasteiger partial charge in [0.2, 0.25) is 0 Å². The Morgan fingerprint density at radius 2 is 1.68 bits per heavy atom. The average Bonchev–Trinajstić information content (AvgIpc) is 2.57. The Bertz CT molecular complexity index is 465. The molecule has 0 bridgehead atoms. The number of rotatable bonds is 9. The van der Waals surface area contributed by atoms with Crippen molar-refractivity contribution >= 4 is 11.9 Å². The van der Waals surface area contributed by atoms with Crippen molar-refractivity contribution in [3.63, 3.8) is 0 Å². The van der Waals surface area contributed by atoms with Gasteiger partial charge in [-0.3, -0.25) is 9.59 Å². The summed E-state index contributed by atoms with van der Waals surface area (Å²) < 4.78 is 14.7. The van der Waals surface area contributed by atoms with Crippen molar-refractivity contribution in [2.24, 2.45) is 5.92 Å². The van der Waals surface area contributed by atoms with Gasteiger partial charge in [0.25, 0.3) is 0 Å². The zero-order valence-electron chi connectivity index (χ0n) is 13.0. The number of allylic oxidation sites excluding steroid dienone is 1. The number of para-hydroxylation sites is 1. The van der Waals surface area contributed by atoms with Crippen molar-refractivity contribution in [3.05, 3.63) is 42.5 Å². The van der Waals surface area contributed by atoms with Gasteiger partial charge < -0.3 is 14.2 Å². The Hall–Kier alpha value is -2.30. The average molecular weight is 306 g/mol. The summed E-state index contributed by atoms with van der Waals surface area (Å²) in [5.74, 6) is -1.13. The second-order valence-corrected chi connectivity index (χ2v) is 4.63. The molecule has 1 aromatic rings. The third-order valence-corrected chi connectivity index (χ3v) is 3.09. The third kappa shape index (κ3) is 6.43. The maximum absolute atomic E-state index is 11.5. The van der Waals surface area contributed by atoms with Crippen molar-refractivity contribution in [2.75, 3.05) is 20.8 Å². The van der Waals surface area contributed by atoms with Gasteiger partial charge in [0.15, 0.2) is 5.92 Å². The molecule has 0 saturated heterocycles. The molecule has 0 spiro atoms. The molecule has 0 heterocycles. The van der Waals surface area contributed by atoms with E-state index < -0.39 is 17.9 Å². The number of hydrogen-bond acceptors (Lipinski definition) is 5. The highest BCUT2D eigenvalue weighted by molar-refractivity contribution is 5.94. The smallest absolute Gasteiger partial charge is 0.320 e. The highest BCUT2D eigenvalue weighted by Gasteiger charge is 2.27. The van der Waals surface area contributed by atoms with Crippen molar-refractivity contribution in [2.45, 2.75) is 19.3 Å². The van der Waals surface area contributed by atoms with Gasteiger partial charge in [-0.15, -0.1) is 0 Å². The number of hydrogen-bond donors (Lipinski definition) is 0. The monoisotopic (exact) mass is 306 g/mol. The van der Waals surface area contributed by atoms with Crippen LogP contribution in [0.15, 0.2) is 42.5 Å². The van der Waals surface area contributed by atoms with E-state index in [1.54, 1.807) is 0 Å². The van der Waals surface area contributed by atoms with E-state index in [1.165, 1.54) is 14.2 Å². The van der Waals surface area contributed by atoms with Gasteiger partial charge >= 0.3 is 11.9 Å². The molecule has 0 N–H and O–H groups in total. The predicted molar refractivity (Wildman–Crippen MR) is 82.5 cm³/mol. The second-order valence-electron chi connectivity index (χ2n) is 4.63. The molecule has 0 aromatic heterocycles. The van der Waals surface area contributed by atoms with Crippen molar-refractivity contribution in [3.8, 4) is 5.75 Å². The normalized spacial score (nSPS) is 10.7. The second kappa shape index (κ2) is 10.4. The molecular formula is C17H22O5. The number of carbonyl (C=O) groups excluding carboxylic acids is 2. The summed E-state index contributed by atoms with van der Waals surface area (Å²) in [6, 6.07) is 9.55. The number of carbonyl (C=O) groups is 2. The number of ether oxygens (including phenoxy) is 3. The summed E-state index contributed by atoms with van der Waals surface area (Å²) in [7, 11) is 2.53. The van der Waals surface area contributed by atoms with Crippen LogP contribution >= 0.6 is 0 Å². The first-order valence-corrected chi connectivity index (χ1v) is 7.17. The van der Waals surface area contributed by atoms with Crippen LogP contribution in [0.1, 0.15) is 19.3 Å². The van der Waals surface area contributed by atoms with Gasteiger partial charge in [0.05, 0.1) is 14.2 Å². The Balaban J connectivity index is 2.23. The van der Waals surface area contributed by atoms with Crippen molar-refractivity contribution < 1.29 is 23.8 Å². The first-order valence-electron chi connectivity index (χ1n) is 7.17. The van der Waals surface area contributed by atoms with Gasteiger partial charge in [0.1, 0.15) is 12.4 Å². The summed E-state index contributed by atoms with van der Waals surface area (Å²) in [6.45, 7) is 0.488. The van der Waals surface area contributed by atoms with E-state index in [1.807, 2.05) is 42.5 Å². The third-order valence-electron chi connectivity index (χ3n) is 3.09. The molecule has 0 radical (unpaired) electrons. The maximum atomic E-state index is 11.5. The molecule has 0 aliphatic heterocycles. The summed E-state index contributed by atoms with van der Waals surface area (Å²) in [6.07, 6.45) is 5.73. The van der Waals surface area contributed by atoms with Crippen LogP contribution in [0.3, 0.4) is 0 Å². The molecule has 0 unspecified atom stereocenters. The van der Waals surface area contributed by atoms with E-state index in [0.717, 1.165) is 12.2 Å². The fraction of sp³-hybridized carbons (Fsp3) is 0.412. The van der Waals surface area contributed by atoms with Crippen LogP contribution in [-0.2, 0) is 19.1 Å². The minimum atomic E-state index is -0.844. The first kappa shape index (κ1) is 17.8. The van der Waals surface area contributed by atoms with Crippen LogP contribution in [0.5, 0.6) is 5.75 Å². The zero-order chi connectivity index (χ0) is 16.2. The van der Waals surface area contributed by atoms with Crippen LogP contribution in [0, 0.1) is 5.92 Å². The van der Waals surface area contributed by atoms with Gasteiger partial charge in [-0.1, -0.05) is 30.4 Å². The van der Waals surface area contributed by atoms with Crippen LogP contribution in [-0.4, -0.2) is 32.8 Å². The lowest BCUT2D eigenvalue weighted by Gasteiger charge is -2.11. The molecule has 0 aliphatic carbocycles. The highest BCUT2D eigenvalue weighted by Crippen LogP contribution is 2.13. The molecule has 22 heavy (non-hydrogen) atoms. The molecule has 0 atom stereocenters. The lowest BCUT2D eigenvalue weighted by Crippen LogP contribution is -2.26. The van der Waals surface area contributed by atoms with E-state index in [4.69, 9.17) is 4.74 Å². The van der Waals surface area contributed by atoms with Gasteiger partial charge in [-0.2, -0.15) is 0 Å². The lowest BCUT2D eigenvalue weighted by atomic mass is 10.0. The summed E-state index contributed by atoms with van der Waals surface area (Å²) in [5, 5.41) is 0. The molecule has 0 amide bonds. The molecule has 5 heteroatoms. The van der Waals surface area contributed by atoms with Crippen molar-refractivity contribution in [1.82, 2.24) is 0 Å². The van der Waals surface area contributed by atoms with E-state index in [0.29, 0.717) is 19.4 Å². The fourth-order valence-corrected chi connectivity index (χ4v) is 1.90. The summed E-state index contributed by atoms with van der Waals surface area (Å²) in [4.78, 5) is 22.9. The summed E-state index contributed by atoms with van der Waals surface area (Å²) in [5.41, 5.74) is 0. The van der Waals surface area contributed by atoms with Gasteiger partial charge in [-0.05, 0) is 31.4 Å².